The molecule has 1 amide bonds. The van der Waals surface area contributed by atoms with E-state index in [0.717, 1.165) is 4.90 Å². The summed E-state index contributed by atoms with van der Waals surface area (Å²) >= 11 is 0. The molecular formula is C15H27F3N2O2. The number of halogens is 3. The van der Waals surface area contributed by atoms with E-state index in [-0.39, 0.29) is 6.54 Å². The zero-order valence-electron chi connectivity index (χ0n) is 13.8. The minimum atomic E-state index is -4.45. The van der Waals surface area contributed by atoms with Crippen LogP contribution >= 0.6 is 0 Å². The summed E-state index contributed by atoms with van der Waals surface area (Å²) < 4.78 is 46.0. The standard InChI is InChI=1S/C15H27F3N2O2/c1-5-10-20(13(21)22-14(2,3)4)12(15(16,17)18)11-6-8-19-9-7-11/h11-12,19H,5-10H2,1-4H3. The van der Waals surface area contributed by atoms with Crippen molar-refractivity contribution < 1.29 is 22.7 Å². The summed E-state index contributed by atoms with van der Waals surface area (Å²) in [5, 5.41) is 3.06. The smallest absolute Gasteiger partial charge is 0.410 e. The van der Waals surface area contributed by atoms with Gasteiger partial charge in [-0.2, -0.15) is 13.2 Å². The normalized spacial score (nSPS) is 18.9. The van der Waals surface area contributed by atoms with Crippen molar-refractivity contribution in [1.29, 1.82) is 0 Å². The number of rotatable bonds is 4. The molecule has 1 aliphatic rings. The van der Waals surface area contributed by atoms with Gasteiger partial charge in [-0.1, -0.05) is 6.92 Å². The first-order chi connectivity index (χ1) is 10.1. The van der Waals surface area contributed by atoms with E-state index in [1.807, 2.05) is 0 Å². The molecule has 0 aromatic carbocycles. The number of carbonyl (C=O) groups excluding carboxylic acids is 1. The topological polar surface area (TPSA) is 41.6 Å². The summed E-state index contributed by atoms with van der Waals surface area (Å²) in [5.41, 5.74) is -0.812. The fraction of sp³-hybridized carbons (Fsp3) is 0.933. The van der Waals surface area contributed by atoms with Gasteiger partial charge in [0.1, 0.15) is 11.6 Å². The molecule has 1 aliphatic heterocycles. The molecule has 0 radical (unpaired) electrons. The lowest BCUT2D eigenvalue weighted by atomic mass is 9.88. The Balaban J connectivity index is 3.01. The van der Waals surface area contributed by atoms with E-state index in [0.29, 0.717) is 32.4 Å². The molecule has 1 rings (SSSR count). The molecule has 0 bridgehead atoms. The van der Waals surface area contributed by atoms with Crippen molar-refractivity contribution in [3.63, 3.8) is 0 Å². The van der Waals surface area contributed by atoms with E-state index in [2.05, 4.69) is 5.32 Å². The highest BCUT2D eigenvalue weighted by Gasteiger charge is 2.50. The van der Waals surface area contributed by atoms with Crippen molar-refractivity contribution >= 4 is 6.09 Å². The quantitative estimate of drug-likeness (QED) is 0.859. The molecule has 7 heteroatoms. The minimum Gasteiger partial charge on any atom is -0.444 e. The average molecular weight is 324 g/mol. The second-order valence-corrected chi connectivity index (χ2v) is 6.75. The lowest BCUT2D eigenvalue weighted by Gasteiger charge is -2.40. The maximum atomic E-state index is 13.6. The van der Waals surface area contributed by atoms with Gasteiger partial charge in [-0.25, -0.2) is 4.79 Å². The summed E-state index contributed by atoms with van der Waals surface area (Å²) in [7, 11) is 0. The highest BCUT2D eigenvalue weighted by atomic mass is 19.4. The van der Waals surface area contributed by atoms with Gasteiger partial charge in [0.2, 0.25) is 0 Å². The molecule has 130 valence electrons. The van der Waals surface area contributed by atoms with E-state index in [4.69, 9.17) is 4.74 Å². The molecule has 0 aromatic heterocycles. The van der Waals surface area contributed by atoms with E-state index in [1.54, 1.807) is 27.7 Å². The first kappa shape index (κ1) is 19.1. The van der Waals surface area contributed by atoms with Crippen molar-refractivity contribution in [2.75, 3.05) is 19.6 Å². The Morgan fingerprint density at radius 3 is 2.23 bits per heavy atom. The molecule has 1 fully saturated rings. The van der Waals surface area contributed by atoms with Gasteiger partial charge in [-0.05, 0) is 59.0 Å². The third-order valence-corrected chi connectivity index (χ3v) is 3.59. The maximum Gasteiger partial charge on any atom is 0.410 e. The van der Waals surface area contributed by atoms with Gasteiger partial charge >= 0.3 is 12.3 Å². The SMILES string of the molecule is CCCN(C(=O)OC(C)(C)C)C(C1CCNCC1)C(F)(F)F. The van der Waals surface area contributed by atoms with Crippen molar-refractivity contribution in [3.05, 3.63) is 0 Å². The van der Waals surface area contributed by atoms with Crippen LogP contribution < -0.4 is 5.32 Å². The van der Waals surface area contributed by atoms with Gasteiger partial charge in [-0.15, -0.1) is 0 Å². The van der Waals surface area contributed by atoms with Crippen molar-refractivity contribution in [2.24, 2.45) is 5.92 Å². The first-order valence-corrected chi connectivity index (χ1v) is 7.83. The fourth-order valence-electron chi connectivity index (χ4n) is 2.76. The molecule has 0 spiro atoms. The van der Waals surface area contributed by atoms with Crippen LogP contribution in [0.15, 0.2) is 0 Å². The van der Waals surface area contributed by atoms with Crippen molar-refractivity contribution in [2.45, 2.75) is 64.8 Å². The number of hydrogen-bond acceptors (Lipinski definition) is 3. The molecule has 0 aliphatic carbocycles. The molecule has 22 heavy (non-hydrogen) atoms. The van der Waals surface area contributed by atoms with Crippen molar-refractivity contribution in [1.82, 2.24) is 10.2 Å². The van der Waals surface area contributed by atoms with E-state index >= 15 is 0 Å². The van der Waals surface area contributed by atoms with Crippen LogP contribution in [0.5, 0.6) is 0 Å². The van der Waals surface area contributed by atoms with Crippen LogP contribution in [0, 0.1) is 5.92 Å². The molecule has 1 saturated heterocycles. The third-order valence-electron chi connectivity index (χ3n) is 3.59. The molecule has 4 nitrogen and oxygen atoms in total. The van der Waals surface area contributed by atoms with Gasteiger partial charge in [0.15, 0.2) is 0 Å². The predicted molar refractivity (Wildman–Crippen MR) is 78.7 cm³/mol. The highest BCUT2D eigenvalue weighted by molar-refractivity contribution is 5.68. The number of nitrogens with zero attached hydrogens (tertiary/aromatic N) is 1. The van der Waals surface area contributed by atoms with Crippen LogP contribution in [0.1, 0.15) is 47.0 Å². The predicted octanol–water partition coefficient (Wildman–Crippen LogP) is 3.56. The second-order valence-electron chi connectivity index (χ2n) is 6.75. The number of ether oxygens (including phenoxy) is 1. The number of amides is 1. The van der Waals surface area contributed by atoms with Gasteiger partial charge in [0.25, 0.3) is 0 Å². The van der Waals surface area contributed by atoms with Gasteiger partial charge < -0.3 is 10.1 Å². The van der Waals surface area contributed by atoms with E-state index in [1.165, 1.54) is 0 Å². The highest BCUT2D eigenvalue weighted by Crippen LogP contribution is 2.35. The number of alkyl halides is 3. The van der Waals surface area contributed by atoms with Crippen LogP contribution in [0.2, 0.25) is 0 Å². The summed E-state index contributed by atoms with van der Waals surface area (Å²) in [6.07, 6.45) is -4.05. The lowest BCUT2D eigenvalue weighted by Crippen LogP contribution is -2.55. The van der Waals surface area contributed by atoms with Gasteiger partial charge in [-0.3, -0.25) is 4.90 Å². The summed E-state index contributed by atoms with van der Waals surface area (Å²) in [4.78, 5) is 13.1. The van der Waals surface area contributed by atoms with Crippen LogP contribution in [0.3, 0.4) is 0 Å². The molecule has 1 heterocycles. The zero-order chi connectivity index (χ0) is 17.0. The van der Waals surface area contributed by atoms with E-state index in [9.17, 15) is 18.0 Å². The Morgan fingerprint density at radius 2 is 1.82 bits per heavy atom. The Bertz CT molecular complexity index is 361. The Morgan fingerprint density at radius 1 is 1.27 bits per heavy atom. The lowest BCUT2D eigenvalue weighted by molar-refractivity contribution is -0.196. The number of hydrogen-bond donors (Lipinski definition) is 1. The first-order valence-electron chi connectivity index (χ1n) is 7.83. The maximum absolute atomic E-state index is 13.6. The van der Waals surface area contributed by atoms with E-state index < -0.39 is 29.8 Å². The van der Waals surface area contributed by atoms with Crippen LogP contribution in [0.4, 0.5) is 18.0 Å². The number of carbonyl (C=O) groups is 1. The average Bonchev–Trinajstić information content (AvgIpc) is 2.35. The third kappa shape index (κ3) is 5.66. The number of piperidine rings is 1. The van der Waals surface area contributed by atoms with Gasteiger partial charge in [0, 0.05) is 6.54 Å². The Hall–Kier alpha value is -0.980. The molecule has 1 atom stereocenters. The molecule has 1 unspecified atom stereocenters. The van der Waals surface area contributed by atoms with Crippen molar-refractivity contribution in [3.8, 4) is 0 Å². The molecule has 0 aromatic rings. The molecular weight excluding hydrogens is 297 g/mol. The molecule has 0 saturated carbocycles. The molecule has 1 N–H and O–H groups in total. The Labute approximate surface area is 130 Å². The van der Waals surface area contributed by atoms with Crippen LogP contribution in [-0.4, -0.2) is 48.4 Å². The zero-order valence-corrected chi connectivity index (χ0v) is 13.8. The van der Waals surface area contributed by atoms with Crippen LogP contribution in [0.25, 0.3) is 0 Å². The summed E-state index contributed by atoms with van der Waals surface area (Å²) in [5.74, 6) is -0.583. The fourth-order valence-corrected chi connectivity index (χ4v) is 2.76. The second kappa shape index (κ2) is 7.53. The minimum absolute atomic E-state index is 0.0447. The largest absolute Gasteiger partial charge is 0.444 e. The van der Waals surface area contributed by atoms with Crippen LogP contribution in [-0.2, 0) is 4.74 Å². The number of nitrogens with one attached hydrogen (secondary N) is 1. The van der Waals surface area contributed by atoms with Gasteiger partial charge in [0.05, 0.1) is 0 Å². The monoisotopic (exact) mass is 324 g/mol. The Kier molecular flexibility index (Phi) is 6.52. The summed E-state index contributed by atoms with van der Waals surface area (Å²) in [6.45, 7) is 7.86. The summed E-state index contributed by atoms with van der Waals surface area (Å²) in [6, 6.07) is -1.77.